The fourth-order valence-electron chi connectivity index (χ4n) is 3.60. The first-order valence-electron chi connectivity index (χ1n) is 8.65. The summed E-state index contributed by atoms with van der Waals surface area (Å²) in [5.41, 5.74) is 2.24. The predicted molar refractivity (Wildman–Crippen MR) is 97.5 cm³/mol. The Hall–Kier alpha value is -3.23. The summed E-state index contributed by atoms with van der Waals surface area (Å²) in [7, 11) is 0. The van der Waals surface area contributed by atoms with Gasteiger partial charge in [0, 0.05) is 36.5 Å². The van der Waals surface area contributed by atoms with Crippen LogP contribution in [0.5, 0.6) is 0 Å². The molecule has 0 unspecified atom stereocenters. The summed E-state index contributed by atoms with van der Waals surface area (Å²) in [6.07, 6.45) is 7.52. The van der Waals surface area contributed by atoms with E-state index in [1.165, 1.54) is 0 Å². The van der Waals surface area contributed by atoms with Gasteiger partial charge in [-0.15, -0.1) is 0 Å². The van der Waals surface area contributed by atoms with Crippen molar-refractivity contribution in [2.45, 2.75) is 12.8 Å². The molecule has 0 fully saturated rings. The number of aryl methyl sites for hydroxylation is 1. The van der Waals surface area contributed by atoms with Crippen LogP contribution in [0.3, 0.4) is 0 Å². The van der Waals surface area contributed by atoms with E-state index in [1.54, 1.807) is 48.7 Å². The second-order valence-electron chi connectivity index (χ2n) is 6.42. The molecule has 0 saturated heterocycles. The quantitative estimate of drug-likeness (QED) is 0.601. The maximum absolute atomic E-state index is 15.5. The zero-order valence-corrected chi connectivity index (χ0v) is 14.4. The Labute approximate surface area is 153 Å². The Bertz CT molecular complexity index is 1000. The van der Waals surface area contributed by atoms with Crippen molar-refractivity contribution in [2.75, 3.05) is 6.54 Å². The summed E-state index contributed by atoms with van der Waals surface area (Å²) >= 11 is 0. The van der Waals surface area contributed by atoms with Crippen molar-refractivity contribution in [3.8, 4) is 0 Å². The fraction of sp³-hybridized carbons (Fsp3) is 0.167. The molecular weight excluding hydrogens is 353 g/mol. The van der Waals surface area contributed by atoms with Crippen LogP contribution in [-0.2, 0) is 16.0 Å². The summed E-state index contributed by atoms with van der Waals surface area (Å²) < 4.78 is 33.1. The number of halogens is 2. The third kappa shape index (κ3) is 2.85. The second kappa shape index (κ2) is 6.50. The maximum atomic E-state index is 15.5. The van der Waals surface area contributed by atoms with Gasteiger partial charge in [-0.1, -0.05) is 0 Å². The second-order valence-corrected chi connectivity index (χ2v) is 6.42. The molecule has 27 heavy (non-hydrogen) atoms. The largest absolute Gasteiger partial charge is 0.737 e. The standard InChI is InChI=1S/C18H17BF2N4O2/c20-19(21)24-13(6-8-18(27)23-10-11-26)3-4-14(24)12-15-5-7-17(25(15)19)16-2-1-9-22-16/h1-5,7,9,11-12,22H,6,8,10H2,(H,23,27). The molecule has 0 saturated carbocycles. The van der Waals surface area contributed by atoms with Gasteiger partial charge >= 0.3 is 6.97 Å². The van der Waals surface area contributed by atoms with Gasteiger partial charge < -0.3 is 32.7 Å². The van der Waals surface area contributed by atoms with E-state index < -0.39 is 6.97 Å². The van der Waals surface area contributed by atoms with E-state index in [-0.39, 0.29) is 25.3 Å². The van der Waals surface area contributed by atoms with E-state index in [1.807, 2.05) is 0 Å². The van der Waals surface area contributed by atoms with Crippen molar-refractivity contribution >= 4 is 31.0 Å². The van der Waals surface area contributed by atoms with Crippen molar-refractivity contribution < 1.29 is 22.7 Å². The monoisotopic (exact) mass is 370 g/mol. The predicted octanol–water partition coefficient (Wildman–Crippen LogP) is 1.71. The topological polar surface area (TPSA) is 69.9 Å². The Morgan fingerprint density at radius 2 is 2.15 bits per heavy atom. The van der Waals surface area contributed by atoms with E-state index in [0.717, 1.165) is 8.96 Å². The fourth-order valence-corrected chi connectivity index (χ4v) is 3.60. The molecule has 2 N–H and O–H groups in total. The minimum Gasteiger partial charge on any atom is -0.394 e. The molecule has 2 aliphatic rings. The first kappa shape index (κ1) is 17.2. The number of carbonyl (C=O) groups is 2. The average molecular weight is 370 g/mol. The van der Waals surface area contributed by atoms with Gasteiger partial charge in [0.1, 0.15) is 12.0 Å². The number of nitrogens with zero attached hydrogens (tertiary/aromatic N) is 2. The molecule has 0 bridgehead atoms. The Kier molecular flexibility index (Phi) is 4.14. The van der Waals surface area contributed by atoms with E-state index in [2.05, 4.69) is 10.3 Å². The number of carbonyl (C=O) groups excluding carboxylic acids is 2. The molecule has 4 heterocycles. The Balaban J connectivity index is 1.69. The highest BCUT2D eigenvalue weighted by Crippen LogP contribution is 2.33. The molecule has 0 spiro atoms. The van der Waals surface area contributed by atoms with E-state index >= 15 is 8.63 Å². The Morgan fingerprint density at radius 1 is 1.30 bits per heavy atom. The van der Waals surface area contributed by atoms with Crippen LogP contribution in [0.1, 0.15) is 23.5 Å². The first-order chi connectivity index (χ1) is 13.0. The van der Waals surface area contributed by atoms with Crippen molar-refractivity contribution in [1.29, 1.82) is 0 Å². The molecule has 6 nitrogen and oxygen atoms in total. The van der Waals surface area contributed by atoms with Crippen molar-refractivity contribution in [3.05, 3.63) is 65.4 Å². The molecular formula is C18H17BF2N4O2. The number of rotatable bonds is 6. The molecule has 2 aromatic heterocycles. The number of aromatic amines is 1. The van der Waals surface area contributed by atoms with Gasteiger partial charge in [-0.25, -0.2) is 0 Å². The van der Waals surface area contributed by atoms with Gasteiger partial charge in [-0.3, -0.25) is 4.79 Å². The van der Waals surface area contributed by atoms with Crippen molar-refractivity contribution in [1.82, 2.24) is 14.8 Å². The number of aldehydes is 1. The van der Waals surface area contributed by atoms with E-state index in [0.29, 0.717) is 34.8 Å². The highest BCUT2D eigenvalue weighted by Gasteiger charge is 2.52. The van der Waals surface area contributed by atoms with Gasteiger partial charge in [0.2, 0.25) is 5.91 Å². The number of aromatic nitrogens is 2. The molecule has 4 rings (SSSR count). The lowest BCUT2D eigenvalue weighted by molar-refractivity contribution is -0.360. The van der Waals surface area contributed by atoms with E-state index in [4.69, 9.17) is 0 Å². The van der Waals surface area contributed by atoms with Crippen LogP contribution < -0.4 is 5.32 Å². The molecule has 2 aromatic rings. The van der Waals surface area contributed by atoms with Gasteiger partial charge in [0.25, 0.3) is 0 Å². The summed E-state index contributed by atoms with van der Waals surface area (Å²) in [6, 6.07) is 6.77. The lowest BCUT2D eigenvalue weighted by atomic mass is 9.90. The third-order valence-corrected chi connectivity index (χ3v) is 4.77. The van der Waals surface area contributed by atoms with Gasteiger partial charge in [-0.05, 0) is 36.4 Å². The minimum absolute atomic E-state index is 0.0332. The van der Waals surface area contributed by atoms with Gasteiger partial charge in [-0.2, -0.15) is 0 Å². The average Bonchev–Trinajstić information content (AvgIpc) is 3.37. The number of fused-ring (bicyclic) bond motifs is 2. The van der Waals surface area contributed by atoms with Crippen LogP contribution in [0.2, 0.25) is 0 Å². The van der Waals surface area contributed by atoms with Gasteiger partial charge in [0.15, 0.2) is 11.4 Å². The van der Waals surface area contributed by atoms with Crippen molar-refractivity contribution in [2.24, 2.45) is 0 Å². The molecule has 1 amide bonds. The summed E-state index contributed by atoms with van der Waals surface area (Å²) in [5, 5.41) is 2.42. The number of hydrogen-bond acceptors (Lipinski definition) is 2. The number of allylic oxidation sites excluding steroid dienone is 2. The highest BCUT2D eigenvalue weighted by molar-refractivity contribution is 6.58. The summed E-state index contributed by atoms with van der Waals surface area (Å²) in [6.45, 7) is -4.19. The number of hydrogen-bond donors (Lipinski definition) is 2. The minimum atomic E-state index is -4.11. The van der Waals surface area contributed by atoms with Crippen LogP contribution in [0, 0.1) is 0 Å². The van der Waals surface area contributed by atoms with Crippen LogP contribution >= 0.6 is 0 Å². The summed E-state index contributed by atoms with van der Waals surface area (Å²) in [4.78, 5) is 25.0. The number of nitrogens with one attached hydrogen (secondary N) is 2. The van der Waals surface area contributed by atoms with Crippen LogP contribution in [0.4, 0.5) is 8.63 Å². The zero-order chi connectivity index (χ0) is 19.0. The van der Waals surface area contributed by atoms with Crippen LogP contribution in [0.15, 0.2) is 48.3 Å². The molecule has 0 aromatic carbocycles. The SMILES string of the molecule is O=CCNC(=O)CCc1ccc2n1[B-](F)(F)[N+]1=C(c3ccc[nH]3)C=CC1=C2. The molecule has 2 aliphatic heterocycles. The highest BCUT2D eigenvalue weighted by atomic mass is 19.2. The molecule has 0 atom stereocenters. The van der Waals surface area contributed by atoms with Crippen LogP contribution in [0.25, 0.3) is 6.08 Å². The molecule has 9 heteroatoms. The van der Waals surface area contributed by atoms with Crippen molar-refractivity contribution in [3.63, 3.8) is 0 Å². The maximum Gasteiger partial charge on any atom is 0.737 e. The zero-order valence-electron chi connectivity index (χ0n) is 14.4. The van der Waals surface area contributed by atoms with E-state index in [9.17, 15) is 9.59 Å². The summed E-state index contributed by atoms with van der Waals surface area (Å²) in [5.74, 6) is -0.345. The Morgan fingerprint density at radius 3 is 2.89 bits per heavy atom. The number of amides is 1. The smallest absolute Gasteiger partial charge is 0.394 e. The molecule has 0 radical (unpaired) electrons. The van der Waals surface area contributed by atoms with Crippen LogP contribution in [-0.4, -0.2) is 45.4 Å². The lowest BCUT2D eigenvalue weighted by Crippen LogP contribution is -2.51. The number of H-pyrrole nitrogens is 1. The lowest BCUT2D eigenvalue weighted by Gasteiger charge is -2.30. The van der Waals surface area contributed by atoms with Gasteiger partial charge in [0.05, 0.1) is 6.54 Å². The third-order valence-electron chi connectivity index (χ3n) is 4.77. The first-order valence-corrected chi connectivity index (χ1v) is 8.65. The molecule has 138 valence electrons. The molecule has 0 aliphatic carbocycles. The normalized spacial score (nSPS) is 16.7.